The molecule has 0 saturated carbocycles. The van der Waals surface area contributed by atoms with Crippen LogP contribution in [0, 0.1) is 5.92 Å². The van der Waals surface area contributed by atoms with Gasteiger partial charge in [0.15, 0.2) is 0 Å². The molecule has 1 aromatic carbocycles. The van der Waals surface area contributed by atoms with Gasteiger partial charge in [0, 0.05) is 43.3 Å². The summed E-state index contributed by atoms with van der Waals surface area (Å²) in [7, 11) is 0. The quantitative estimate of drug-likeness (QED) is 0.757. The smallest absolute Gasteiger partial charge is 0.381 e. The van der Waals surface area contributed by atoms with E-state index in [1.807, 2.05) is 0 Å². The molecule has 28 heavy (non-hydrogen) atoms. The lowest BCUT2D eigenvalue weighted by Gasteiger charge is -2.38. The van der Waals surface area contributed by atoms with Gasteiger partial charge in [-0.1, -0.05) is 18.2 Å². The molecule has 5 nitrogen and oxygen atoms in total. The molecule has 1 aliphatic rings. The highest BCUT2D eigenvalue weighted by Gasteiger charge is 2.41. The van der Waals surface area contributed by atoms with Crippen molar-refractivity contribution in [2.75, 3.05) is 19.8 Å². The number of nitrogens with one attached hydrogen (secondary N) is 1. The summed E-state index contributed by atoms with van der Waals surface area (Å²) in [4.78, 5) is 18.1. The molecule has 0 bridgehead atoms. The Morgan fingerprint density at radius 3 is 2.32 bits per heavy atom. The molecule has 0 spiro atoms. The standard InChI is InChI=1S/C19H19ClF3N3O2/c20-18(14-6-8-28-9-7-14,12-26-16(27)13-4-2-1-3-5-13)15-10-24-17(25-11-15)19(21,22)23/h1-5,10-11,14H,6-9,12H2,(H,26,27). The maximum atomic E-state index is 12.8. The van der Waals surface area contributed by atoms with Crippen LogP contribution >= 0.6 is 11.6 Å². The Hall–Kier alpha value is -2.19. The second-order valence-corrected chi connectivity index (χ2v) is 7.27. The SMILES string of the molecule is O=C(NCC(Cl)(c1cnc(C(F)(F)F)nc1)C1CCOCC1)c1ccccc1. The van der Waals surface area contributed by atoms with Gasteiger partial charge in [-0.3, -0.25) is 4.79 Å². The van der Waals surface area contributed by atoms with Crippen molar-refractivity contribution in [2.24, 2.45) is 5.92 Å². The number of amides is 1. The molecule has 0 radical (unpaired) electrons. The van der Waals surface area contributed by atoms with Crippen LogP contribution in [0.15, 0.2) is 42.7 Å². The molecule has 1 N–H and O–H groups in total. The Labute approximate surface area is 165 Å². The summed E-state index contributed by atoms with van der Waals surface area (Å²) in [5.74, 6) is -1.65. The van der Waals surface area contributed by atoms with E-state index in [-0.39, 0.29) is 18.4 Å². The zero-order valence-corrected chi connectivity index (χ0v) is 15.6. The number of alkyl halides is 4. The van der Waals surface area contributed by atoms with Crippen molar-refractivity contribution in [3.63, 3.8) is 0 Å². The van der Waals surface area contributed by atoms with Crippen molar-refractivity contribution in [3.8, 4) is 0 Å². The van der Waals surface area contributed by atoms with Crippen molar-refractivity contribution in [3.05, 3.63) is 59.7 Å². The minimum atomic E-state index is -4.63. The zero-order valence-electron chi connectivity index (χ0n) is 14.9. The molecule has 2 heterocycles. The number of nitrogens with zero attached hydrogens (tertiary/aromatic N) is 2. The Kier molecular flexibility index (Phi) is 6.20. The van der Waals surface area contributed by atoms with Gasteiger partial charge in [0.2, 0.25) is 5.82 Å². The van der Waals surface area contributed by atoms with Gasteiger partial charge >= 0.3 is 6.18 Å². The Morgan fingerprint density at radius 2 is 1.75 bits per heavy atom. The third-order valence-electron chi connectivity index (χ3n) is 4.80. The topological polar surface area (TPSA) is 64.1 Å². The summed E-state index contributed by atoms with van der Waals surface area (Å²) in [6, 6.07) is 8.61. The van der Waals surface area contributed by atoms with E-state index in [2.05, 4.69) is 15.3 Å². The molecule has 150 valence electrons. The molecular weight excluding hydrogens is 395 g/mol. The maximum absolute atomic E-state index is 12.8. The van der Waals surface area contributed by atoms with Gasteiger partial charge in [-0.15, -0.1) is 11.6 Å². The molecule has 1 unspecified atom stereocenters. The second-order valence-electron chi connectivity index (χ2n) is 6.59. The van der Waals surface area contributed by atoms with E-state index in [4.69, 9.17) is 16.3 Å². The van der Waals surface area contributed by atoms with E-state index >= 15 is 0 Å². The summed E-state index contributed by atoms with van der Waals surface area (Å²) >= 11 is 6.91. The minimum Gasteiger partial charge on any atom is -0.381 e. The van der Waals surface area contributed by atoms with Crippen LogP contribution in [0.3, 0.4) is 0 Å². The van der Waals surface area contributed by atoms with Crippen molar-refractivity contribution >= 4 is 17.5 Å². The van der Waals surface area contributed by atoms with E-state index in [0.29, 0.717) is 37.2 Å². The lowest BCUT2D eigenvalue weighted by atomic mass is 9.81. The number of aromatic nitrogens is 2. The monoisotopic (exact) mass is 413 g/mol. The molecule has 1 fully saturated rings. The van der Waals surface area contributed by atoms with Crippen LogP contribution in [0.1, 0.15) is 34.6 Å². The van der Waals surface area contributed by atoms with E-state index < -0.39 is 16.9 Å². The zero-order chi connectivity index (χ0) is 20.2. The van der Waals surface area contributed by atoms with Crippen molar-refractivity contribution in [1.82, 2.24) is 15.3 Å². The van der Waals surface area contributed by atoms with E-state index in [9.17, 15) is 18.0 Å². The van der Waals surface area contributed by atoms with Crippen LogP contribution in [0.4, 0.5) is 13.2 Å². The molecule has 1 saturated heterocycles. The number of hydrogen-bond acceptors (Lipinski definition) is 4. The first-order valence-electron chi connectivity index (χ1n) is 8.80. The van der Waals surface area contributed by atoms with Gasteiger partial charge in [-0.05, 0) is 30.9 Å². The third kappa shape index (κ3) is 4.62. The Balaban J connectivity index is 1.84. The van der Waals surface area contributed by atoms with Gasteiger partial charge in [0.1, 0.15) is 0 Å². The summed E-state index contributed by atoms with van der Waals surface area (Å²) < 4.78 is 43.7. The minimum absolute atomic E-state index is 0.0294. The van der Waals surface area contributed by atoms with E-state index in [0.717, 1.165) is 12.4 Å². The van der Waals surface area contributed by atoms with Crippen molar-refractivity contribution in [1.29, 1.82) is 0 Å². The number of benzene rings is 1. The van der Waals surface area contributed by atoms with E-state index in [1.54, 1.807) is 30.3 Å². The first-order valence-corrected chi connectivity index (χ1v) is 9.18. The maximum Gasteiger partial charge on any atom is 0.451 e. The number of hydrogen-bond donors (Lipinski definition) is 1. The highest BCUT2D eigenvalue weighted by atomic mass is 35.5. The van der Waals surface area contributed by atoms with Crippen LogP contribution in [0.5, 0.6) is 0 Å². The predicted octanol–water partition coefficient (Wildman–Crippen LogP) is 3.79. The number of rotatable bonds is 5. The fourth-order valence-electron chi connectivity index (χ4n) is 3.23. The molecule has 3 rings (SSSR count). The number of halogens is 4. The van der Waals surface area contributed by atoms with Crippen LogP contribution < -0.4 is 5.32 Å². The van der Waals surface area contributed by atoms with Crippen LogP contribution in [0.25, 0.3) is 0 Å². The molecule has 0 aliphatic carbocycles. The van der Waals surface area contributed by atoms with Gasteiger partial charge in [-0.2, -0.15) is 13.2 Å². The molecule has 2 aromatic rings. The number of carbonyl (C=O) groups is 1. The Bertz CT molecular complexity index is 796. The number of carbonyl (C=O) groups excluding carboxylic acids is 1. The second kappa shape index (κ2) is 8.45. The number of ether oxygens (including phenoxy) is 1. The van der Waals surface area contributed by atoms with E-state index in [1.165, 1.54) is 0 Å². The van der Waals surface area contributed by atoms with Crippen LogP contribution in [-0.4, -0.2) is 35.6 Å². The first-order chi connectivity index (χ1) is 13.3. The first kappa shape index (κ1) is 20.5. The average molecular weight is 414 g/mol. The summed E-state index contributed by atoms with van der Waals surface area (Å²) in [6.07, 6.45) is -1.22. The molecule has 1 aliphatic heterocycles. The highest BCUT2D eigenvalue weighted by Crippen LogP contribution is 2.41. The fraction of sp³-hybridized carbons (Fsp3) is 0.421. The van der Waals surface area contributed by atoms with Gasteiger partial charge in [0.05, 0.1) is 4.87 Å². The molecule has 1 amide bonds. The van der Waals surface area contributed by atoms with Crippen molar-refractivity contribution in [2.45, 2.75) is 23.9 Å². The van der Waals surface area contributed by atoms with Crippen molar-refractivity contribution < 1.29 is 22.7 Å². The average Bonchev–Trinajstić information content (AvgIpc) is 2.72. The highest BCUT2D eigenvalue weighted by molar-refractivity contribution is 6.24. The molecule has 9 heteroatoms. The molecular formula is C19H19ClF3N3O2. The fourth-order valence-corrected chi connectivity index (χ4v) is 3.61. The van der Waals surface area contributed by atoms with Gasteiger partial charge in [0.25, 0.3) is 5.91 Å². The largest absolute Gasteiger partial charge is 0.451 e. The molecule has 1 aromatic heterocycles. The lowest BCUT2D eigenvalue weighted by Crippen LogP contribution is -2.44. The Morgan fingerprint density at radius 1 is 1.14 bits per heavy atom. The summed E-state index contributed by atoms with van der Waals surface area (Å²) in [6.45, 7) is 1.02. The van der Waals surface area contributed by atoms with Crippen LogP contribution in [-0.2, 0) is 15.8 Å². The summed E-state index contributed by atoms with van der Waals surface area (Å²) in [5, 5.41) is 2.79. The van der Waals surface area contributed by atoms with Crippen LogP contribution in [0.2, 0.25) is 0 Å². The van der Waals surface area contributed by atoms with Gasteiger partial charge in [-0.25, -0.2) is 9.97 Å². The summed E-state index contributed by atoms with van der Waals surface area (Å²) in [5.41, 5.74) is 0.805. The lowest BCUT2D eigenvalue weighted by molar-refractivity contribution is -0.145. The predicted molar refractivity (Wildman–Crippen MR) is 96.9 cm³/mol. The third-order valence-corrected chi connectivity index (χ3v) is 5.46. The normalized spacial score (nSPS) is 17.7. The molecule has 1 atom stereocenters. The van der Waals surface area contributed by atoms with Gasteiger partial charge < -0.3 is 10.1 Å².